The van der Waals surface area contributed by atoms with Crippen molar-refractivity contribution < 1.29 is 4.79 Å². The van der Waals surface area contributed by atoms with Crippen LogP contribution in [-0.4, -0.2) is 47.3 Å². The number of hydrogen-bond acceptors (Lipinski definition) is 3. The summed E-state index contributed by atoms with van der Waals surface area (Å²) in [4.78, 5) is 14.7. The minimum absolute atomic E-state index is 0. The summed E-state index contributed by atoms with van der Waals surface area (Å²) >= 11 is 5.97. The first-order valence-corrected chi connectivity index (χ1v) is 9.10. The molecule has 1 atom stereocenters. The van der Waals surface area contributed by atoms with Crippen LogP contribution < -0.4 is 5.32 Å². The molecule has 1 saturated heterocycles. The lowest BCUT2D eigenvalue weighted by atomic mass is 10.1. The Bertz CT molecular complexity index is 758. The molecule has 0 saturated carbocycles. The van der Waals surface area contributed by atoms with Crippen molar-refractivity contribution in [1.82, 2.24) is 20.0 Å². The van der Waals surface area contributed by atoms with Gasteiger partial charge >= 0.3 is 0 Å². The second-order valence-electron chi connectivity index (χ2n) is 6.77. The molecule has 7 heteroatoms. The molecule has 1 aromatic heterocycles. The average molecular weight is 397 g/mol. The summed E-state index contributed by atoms with van der Waals surface area (Å²) in [5.74, 6) is 0.758. The number of aromatic nitrogens is 2. The molecule has 0 aliphatic carbocycles. The van der Waals surface area contributed by atoms with Crippen LogP contribution in [0.15, 0.2) is 24.3 Å². The van der Waals surface area contributed by atoms with Crippen LogP contribution in [0.1, 0.15) is 23.4 Å². The van der Waals surface area contributed by atoms with E-state index >= 15 is 0 Å². The summed E-state index contributed by atoms with van der Waals surface area (Å²) in [5.41, 5.74) is 3.90. The quantitative estimate of drug-likeness (QED) is 0.843. The van der Waals surface area contributed by atoms with Gasteiger partial charge in [0, 0.05) is 29.4 Å². The van der Waals surface area contributed by atoms with Gasteiger partial charge in [0.15, 0.2) is 0 Å². The molecule has 1 aliphatic heterocycles. The van der Waals surface area contributed by atoms with Crippen molar-refractivity contribution in [3.8, 4) is 5.69 Å². The topological polar surface area (TPSA) is 50.2 Å². The molecule has 1 N–H and O–H groups in total. The zero-order valence-corrected chi connectivity index (χ0v) is 17.0. The van der Waals surface area contributed by atoms with E-state index in [2.05, 4.69) is 10.4 Å². The lowest BCUT2D eigenvalue weighted by Crippen LogP contribution is -2.31. The molecule has 1 unspecified atom stereocenters. The molecule has 142 valence electrons. The van der Waals surface area contributed by atoms with Crippen molar-refractivity contribution in [3.63, 3.8) is 0 Å². The highest BCUT2D eigenvalue weighted by atomic mass is 35.5. The molecule has 0 bridgehead atoms. The van der Waals surface area contributed by atoms with Crippen molar-refractivity contribution in [2.45, 2.75) is 26.7 Å². The maximum Gasteiger partial charge on any atom is 0.227 e. The number of carbonyl (C=O) groups excluding carboxylic acids is 1. The third-order valence-electron chi connectivity index (χ3n) is 4.97. The Morgan fingerprint density at radius 3 is 2.65 bits per heavy atom. The monoisotopic (exact) mass is 396 g/mol. The van der Waals surface area contributed by atoms with Crippen LogP contribution in [0, 0.1) is 19.8 Å². The maximum atomic E-state index is 12.7. The van der Waals surface area contributed by atoms with Gasteiger partial charge in [-0.1, -0.05) is 11.6 Å². The molecule has 0 radical (unpaired) electrons. The molecule has 1 aromatic carbocycles. The summed E-state index contributed by atoms with van der Waals surface area (Å²) < 4.78 is 1.89. The predicted octanol–water partition coefficient (Wildman–Crippen LogP) is 3.17. The zero-order chi connectivity index (χ0) is 18.0. The van der Waals surface area contributed by atoms with E-state index in [0.29, 0.717) is 17.4 Å². The highest BCUT2D eigenvalue weighted by Gasteiger charge is 2.27. The van der Waals surface area contributed by atoms with Crippen LogP contribution in [0.5, 0.6) is 0 Å². The highest BCUT2D eigenvalue weighted by molar-refractivity contribution is 6.30. The summed E-state index contributed by atoms with van der Waals surface area (Å²) in [6.07, 6.45) is 1.49. The fraction of sp³-hybridized carbons (Fsp3) is 0.474. The summed E-state index contributed by atoms with van der Waals surface area (Å²) in [5, 5.41) is 8.53. The summed E-state index contributed by atoms with van der Waals surface area (Å²) in [6.45, 7) is 6.66. The number of benzene rings is 1. The van der Waals surface area contributed by atoms with Crippen molar-refractivity contribution in [2.75, 3.05) is 26.7 Å². The van der Waals surface area contributed by atoms with Gasteiger partial charge in [-0.2, -0.15) is 5.10 Å². The van der Waals surface area contributed by atoms with Gasteiger partial charge in [-0.05, 0) is 64.0 Å². The van der Waals surface area contributed by atoms with Gasteiger partial charge < -0.3 is 10.2 Å². The lowest BCUT2D eigenvalue weighted by Gasteiger charge is -2.17. The number of hydrogen-bond donors (Lipinski definition) is 1. The number of amides is 1. The molecule has 2 aromatic rings. The van der Waals surface area contributed by atoms with E-state index < -0.39 is 0 Å². The molecular formula is C19H26Cl2N4O. The van der Waals surface area contributed by atoms with Crippen LogP contribution in [0.3, 0.4) is 0 Å². The molecule has 2 heterocycles. The number of rotatable bonds is 5. The SMILES string of the molecule is CNCC1CCN(C(=O)Cc2c(C)nn(-c3ccc(Cl)cc3)c2C)C1.Cl. The number of halogens is 2. The summed E-state index contributed by atoms with van der Waals surface area (Å²) in [6, 6.07) is 7.58. The fourth-order valence-corrected chi connectivity index (χ4v) is 3.67. The van der Waals surface area contributed by atoms with Gasteiger partial charge in [0.05, 0.1) is 17.8 Å². The third-order valence-corrected chi connectivity index (χ3v) is 5.22. The molecule has 1 aliphatic rings. The molecule has 5 nitrogen and oxygen atoms in total. The number of aryl methyl sites for hydroxylation is 1. The average Bonchev–Trinajstić information content (AvgIpc) is 3.16. The Labute approximate surface area is 166 Å². The minimum Gasteiger partial charge on any atom is -0.342 e. The standard InChI is InChI=1S/C19H25ClN4O.ClH/c1-13-18(10-19(25)23-9-8-15(12-23)11-21-3)14(2)24(22-13)17-6-4-16(20)5-7-17;/h4-7,15,21H,8-12H2,1-3H3;1H. The lowest BCUT2D eigenvalue weighted by molar-refractivity contribution is -0.129. The number of likely N-dealkylation sites (tertiary alicyclic amines) is 1. The molecular weight excluding hydrogens is 371 g/mol. The molecule has 1 fully saturated rings. The number of nitrogens with zero attached hydrogens (tertiary/aromatic N) is 3. The Morgan fingerprint density at radius 2 is 2.00 bits per heavy atom. The zero-order valence-electron chi connectivity index (χ0n) is 15.5. The van der Waals surface area contributed by atoms with Crippen molar-refractivity contribution in [3.05, 3.63) is 46.2 Å². The van der Waals surface area contributed by atoms with Gasteiger partial charge in [-0.25, -0.2) is 4.68 Å². The van der Waals surface area contributed by atoms with E-state index in [9.17, 15) is 4.79 Å². The molecule has 0 spiro atoms. The first-order valence-electron chi connectivity index (χ1n) is 8.73. The van der Waals surface area contributed by atoms with E-state index in [-0.39, 0.29) is 18.3 Å². The minimum atomic E-state index is 0. The van der Waals surface area contributed by atoms with E-state index in [1.807, 2.05) is 54.7 Å². The normalized spacial score (nSPS) is 16.6. The fourth-order valence-electron chi connectivity index (χ4n) is 3.54. The maximum absolute atomic E-state index is 12.7. The Morgan fingerprint density at radius 1 is 1.31 bits per heavy atom. The van der Waals surface area contributed by atoms with E-state index in [0.717, 1.165) is 48.7 Å². The van der Waals surface area contributed by atoms with Crippen LogP contribution >= 0.6 is 24.0 Å². The van der Waals surface area contributed by atoms with Crippen LogP contribution in [0.25, 0.3) is 5.69 Å². The Hall–Kier alpha value is -1.56. The van der Waals surface area contributed by atoms with Crippen molar-refractivity contribution in [1.29, 1.82) is 0 Å². The Balaban J connectivity index is 0.00000243. The highest BCUT2D eigenvalue weighted by Crippen LogP contribution is 2.22. The van der Waals surface area contributed by atoms with Crippen LogP contribution in [-0.2, 0) is 11.2 Å². The third kappa shape index (κ3) is 4.40. The predicted molar refractivity (Wildman–Crippen MR) is 108 cm³/mol. The van der Waals surface area contributed by atoms with Crippen molar-refractivity contribution in [2.24, 2.45) is 5.92 Å². The van der Waals surface area contributed by atoms with Gasteiger partial charge in [0.25, 0.3) is 0 Å². The second-order valence-corrected chi connectivity index (χ2v) is 7.20. The van der Waals surface area contributed by atoms with Gasteiger partial charge in [0.1, 0.15) is 0 Å². The molecule has 26 heavy (non-hydrogen) atoms. The number of nitrogens with one attached hydrogen (secondary N) is 1. The second kappa shape index (κ2) is 8.89. The van der Waals surface area contributed by atoms with Crippen LogP contribution in [0.2, 0.25) is 5.02 Å². The summed E-state index contributed by atoms with van der Waals surface area (Å²) in [7, 11) is 1.96. The van der Waals surface area contributed by atoms with E-state index in [1.54, 1.807) is 0 Å². The smallest absolute Gasteiger partial charge is 0.227 e. The van der Waals surface area contributed by atoms with Crippen molar-refractivity contribution >= 4 is 29.9 Å². The number of carbonyl (C=O) groups is 1. The van der Waals surface area contributed by atoms with Gasteiger partial charge in [-0.3, -0.25) is 4.79 Å². The van der Waals surface area contributed by atoms with E-state index in [1.165, 1.54) is 0 Å². The molecule has 3 rings (SSSR count). The molecule has 1 amide bonds. The Kier molecular flexibility index (Phi) is 7.09. The van der Waals surface area contributed by atoms with Crippen LogP contribution in [0.4, 0.5) is 0 Å². The van der Waals surface area contributed by atoms with E-state index in [4.69, 9.17) is 11.6 Å². The first kappa shape index (κ1) is 20.7. The van der Waals surface area contributed by atoms with Gasteiger partial charge in [0.2, 0.25) is 5.91 Å². The largest absolute Gasteiger partial charge is 0.342 e. The van der Waals surface area contributed by atoms with Gasteiger partial charge in [-0.15, -0.1) is 12.4 Å². The first-order chi connectivity index (χ1) is 12.0.